The Bertz CT molecular complexity index is 684. The second-order valence-corrected chi connectivity index (χ2v) is 5.38. The highest BCUT2D eigenvalue weighted by Crippen LogP contribution is 2.46. The zero-order valence-corrected chi connectivity index (χ0v) is 12.6. The molecule has 2 aromatic rings. The Morgan fingerprint density at radius 2 is 1.90 bits per heavy atom. The van der Waals surface area contributed by atoms with Crippen LogP contribution in [0.2, 0.25) is 0 Å². The minimum atomic E-state index is 0.0500. The van der Waals surface area contributed by atoms with E-state index in [2.05, 4.69) is 4.90 Å². The van der Waals surface area contributed by atoms with Crippen molar-refractivity contribution in [1.29, 1.82) is 0 Å². The van der Waals surface area contributed by atoms with E-state index in [0.29, 0.717) is 11.4 Å². The molecular weight excluding hydrogens is 286 g/mol. The van der Waals surface area contributed by atoms with Crippen LogP contribution in [0.15, 0.2) is 42.5 Å². The van der Waals surface area contributed by atoms with Crippen LogP contribution in [0.4, 0.5) is 11.4 Å². The molecule has 0 atom stereocenters. The fraction of sp³-hybridized carbons (Fsp3) is 0.235. The summed E-state index contributed by atoms with van der Waals surface area (Å²) in [5.41, 5.74) is 2.62. The van der Waals surface area contributed by atoms with E-state index in [-0.39, 0.29) is 5.78 Å². The van der Waals surface area contributed by atoms with Crippen LogP contribution < -0.4 is 9.64 Å². The highest BCUT2D eigenvalue weighted by atomic mass is 35.5. The molecule has 0 radical (unpaired) electrons. The Labute approximate surface area is 129 Å². The van der Waals surface area contributed by atoms with Crippen molar-refractivity contribution in [1.82, 2.24) is 0 Å². The Hall–Kier alpha value is -2.00. The number of carbonyl (C=O) groups is 1. The maximum Gasteiger partial charge on any atom is 0.159 e. The van der Waals surface area contributed by atoms with E-state index in [0.717, 1.165) is 35.8 Å². The third kappa shape index (κ3) is 2.61. The summed E-state index contributed by atoms with van der Waals surface area (Å²) in [7, 11) is 0. The predicted molar refractivity (Wildman–Crippen MR) is 85.3 cm³/mol. The number of alkyl halides is 1. The number of fused-ring (bicyclic) bond motifs is 2. The van der Waals surface area contributed by atoms with Crippen molar-refractivity contribution < 1.29 is 9.53 Å². The second kappa shape index (κ2) is 5.78. The molecule has 0 saturated heterocycles. The molecule has 1 aliphatic rings. The number of ether oxygens (including phenoxy) is 1. The van der Waals surface area contributed by atoms with E-state index in [1.165, 1.54) is 0 Å². The summed E-state index contributed by atoms with van der Waals surface area (Å²) >= 11 is 5.84. The molecule has 21 heavy (non-hydrogen) atoms. The molecular formula is C17H16ClNO2. The Morgan fingerprint density at radius 1 is 1.14 bits per heavy atom. The Balaban J connectivity index is 2.09. The van der Waals surface area contributed by atoms with Gasteiger partial charge < -0.3 is 9.64 Å². The maximum absolute atomic E-state index is 11.6. The van der Waals surface area contributed by atoms with Gasteiger partial charge in [0.15, 0.2) is 17.3 Å². The van der Waals surface area contributed by atoms with Crippen LogP contribution in [-0.4, -0.2) is 18.2 Å². The number of nitrogens with zero attached hydrogens (tertiary/aromatic N) is 1. The molecule has 1 heterocycles. The van der Waals surface area contributed by atoms with Gasteiger partial charge in [-0.15, -0.1) is 11.6 Å². The predicted octanol–water partition coefficient (Wildman–Crippen LogP) is 4.76. The van der Waals surface area contributed by atoms with E-state index in [4.69, 9.17) is 16.3 Å². The molecule has 0 unspecified atom stereocenters. The van der Waals surface area contributed by atoms with Crippen molar-refractivity contribution in [2.24, 2.45) is 0 Å². The summed E-state index contributed by atoms with van der Waals surface area (Å²) in [6, 6.07) is 13.5. The van der Waals surface area contributed by atoms with Crippen molar-refractivity contribution in [3.05, 3.63) is 48.0 Å². The monoisotopic (exact) mass is 301 g/mol. The largest absolute Gasteiger partial charge is 0.453 e. The van der Waals surface area contributed by atoms with Crippen LogP contribution in [0.1, 0.15) is 23.7 Å². The molecule has 0 aliphatic carbocycles. The van der Waals surface area contributed by atoms with Crippen LogP contribution >= 0.6 is 11.6 Å². The van der Waals surface area contributed by atoms with Crippen molar-refractivity contribution in [3.63, 3.8) is 0 Å². The number of benzene rings is 2. The maximum atomic E-state index is 11.6. The molecule has 3 nitrogen and oxygen atoms in total. The molecule has 4 heteroatoms. The van der Waals surface area contributed by atoms with Gasteiger partial charge in [-0.25, -0.2) is 0 Å². The molecule has 1 aliphatic heterocycles. The summed E-state index contributed by atoms with van der Waals surface area (Å²) in [5.74, 6) is 2.25. The lowest BCUT2D eigenvalue weighted by atomic mass is 10.1. The Morgan fingerprint density at radius 3 is 2.67 bits per heavy atom. The van der Waals surface area contributed by atoms with Crippen molar-refractivity contribution in [2.75, 3.05) is 17.3 Å². The second-order valence-electron chi connectivity index (χ2n) is 5.00. The number of halogens is 1. The average molecular weight is 302 g/mol. The molecule has 2 aromatic carbocycles. The van der Waals surface area contributed by atoms with Gasteiger partial charge in [-0.05, 0) is 43.7 Å². The van der Waals surface area contributed by atoms with Crippen LogP contribution in [0.5, 0.6) is 11.5 Å². The van der Waals surface area contributed by atoms with Gasteiger partial charge in [0.1, 0.15) is 0 Å². The number of rotatable bonds is 4. The first-order chi connectivity index (χ1) is 10.2. The van der Waals surface area contributed by atoms with Gasteiger partial charge in [0.05, 0.1) is 11.4 Å². The summed E-state index contributed by atoms with van der Waals surface area (Å²) in [4.78, 5) is 13.8. The highest BCUT2D eigenvalue weighted by molar-refractivity contribution is 6.17. The van der Waals surface area contributed by atoms with Gasteiger partial charge in [-0.1, -0.05) is 12.1 Å². The van der Waals surface area contributed by atoms with Crippen LogP contribution in [0.3, 0.4) is 0 Å². The fourth-order valence-electron chi connectivity index (χ4n) is 2.51. The quantitative estimate of drug-likeness (QED) is 0.602. The summed E-state index contributed by atoms with van der Waals surface area (Å²) < 4.78 is 5.94. The summed E-state index contributed by atoms with van der Waals surface area (Å²) in [6.07, 6.45) is 0.861. The lowest BCUT2D eigenvalue weighted by molar-refractivity contribution is 0.101. The van der Waals surface area contributed by atoms with Crippen LogP contribution in [-0.2, 0) is 0 Å². The minimum absolute atomic E-state index is 0.0500. The lowest BCUT2D eigenvalue weighted by Crippen LogP contribution is -2.23. The highest BCUT2D eigenvalue weighted by Gasteiger charge is 2.24. The topological polar surface area (TPSA) is 29.5 Å². The van der Waals surface area contributed by atoms with Crippen molar-refractivity contribution in [2.45, 2.75) is 13.3 Å². The van der Waals surface area contributed by atoms with Gasteiger partial charge in [-0.2, -0.15) is 0 Å². The third-order valence-corrected chi connectivity index (χ3v) is 3.81. The first kappa shape index (κ1) is 14.0. The number of Topliss-reactive ketones (excluding diaryl/α,β-unsaturated/α-hetero) is 1. The molecule has 0 fully saturated rings. The van der Waals surface area contributed by atoms with Gasteiger partial charge >= 0.3 is 0 Å². The SMILES string of the molecule is CC(=O)c1ccc2c(c1)N(CCCCl)c1ccccc1O2. The van der Waals surface area contributed by atoms with E-state index in [1.807, 2.05) is 36.4 Å². The third-order valence-electron chi connectivity index (χ3n) is 3.55. The van der Waals surface area contributed by atoms with E-state index in [9.17, 15) is 4.79 Å². The number of ketones is 1. The van der Waals surface area contributed by atoms with Gasteiger partial charge in [0.25, 0.3) is 0 Å². The molecule has 108 valence electrons. The van der Waals surface area contributed by atoms with Gasteiger partial charge in [0.2, 0.25) is 0 Å². The average Bonchev–Trinajstić information content (AvgIpc) is 2.50. The molecule has 0 saturated carbocycles. The Kier molecular flexibility index (Phi) is 3.84. The molecule has 0 N–H and O–H groups in total. The van der Waals surface area contributed by atoms with Crippen LogP contribution in [0, 0.1) is 0 Å². The standard InChI is InChI=1S/C17H16ClNO2/c1-12(20)13-7-8-17-15(11-13)19(10-4-9-18)14-5-2-3-6-16(14)21-17/h2-3,5-8,11H,4,9-10H2,1H3. The normalized spacial score (nSPS) is 12.4. The number of carbonyl (C=O) groups excluding carboxylic acids is 1. The van der Waals surface area contributed by atoms with E-state index in [1.54, 1.807) is 13.0 Å². The van der Waals surface area contributed by atoms with Gasteiger partial charge in [-0.3, -0.25) is 4.79 Å². The number of anilines is 2. The molecule has 0 aromatic heterocycles. The smallest absolute Gasteiger partial charge is 0.159 e. The zero-order valence-electron chi connectivity index (χ0n) is 11.8. The number of para-hydroxylation sites is 2. The van der Waals surface area contributed by atoms with Gasteiger partial charge in [0, 0.05) is 18.0 Å². The van der Waals surface area contributed by atoms with Crippen molar-refractivity contribution >= 4 is 28.8 Å². The molecule has 0 amide bonds. The molecule has 3 rings (SSSR count). The summed E-state index contributed by atoms with van der Waals surface area (Å²) in [5, 5.41) is 0. The van der Waals surface area contributed by atoms with E-state index >= 15 is 0 Å². The number of hydrogen-bond acceptors (Lipinski definition) is 3. The molecule has 0 spiro atoms. The van der Waals surface area contributed by atoms with Crippen LogP contribution in [0.25, 0.3) is 0 Å². The van der Waals surface area contributed by atoms with E-state index < -0.39 is 0 Å². The first-order valence-electron chi connectivity index (χ1n) is 6.96. The zero-order chi connectivity index (χ0) is 14.8. The van der Waals surface area contributed by atoms with Crippen molar-refractivity contribution in [3.8, 4) is 11.5 Å². The first-order valence-corrected chi connectivity index (χ1v) is 7.49. The molecule has 0 bridgehead atoms. The fourth-order valence-corrected chi connectivity index (χ4v) is 2.63. The lowest BCUT2D eigenvalue weighted by Gasteiger charge is -2.33. The number of hydrogen-bond donors (Lipinski definition) is 0. The summed E-state index contributed by atoms with van der Waals surface area (Å²) in [6.45, 7) is 2.36. The minimum Gasteiger partial charge on any atom is -0.453 e.